The van der Waals surface area contributed by atoms with E-state index in [0.717, 1.165) is 12.1 Å². The van der Waals surface area contributed by atoms with Gasteiger partial charge in [0.2, 0.25) is 0 Å². The molecule has 1 N–H and O–H groups in total. The summed E-state index contributed by atoms with van der Waals surface area (Å²) in [7, 11) is 1.42. The van der Waals surface area contributed by atoms with Gasteiger partial charge < -0.3 is 9.84 Å². The molecule has 0 unspecified atom stereocenters. The highest BCUT2D eigenvalue weighted by Crippen LogP contribution is 2.31. The second-order valence-corrected chi connectivity index (χ2v) is 3.84. The van der Waals surface area contributed by atoms with Crippen LogP contribution in [0.5, 0.6) is 5.75 Å². The van der Waals surface area contributed by atoms with E-state index in [1.807, 2.05) is 0 Å². The molecular weight excluding hydrogens is 254 g/mol. The lowest BCUT2D eigenvalue weighted by molar-refractivity contribution is 0.0692. The Bertz CT molecular complexity index is 639. The molecule has 0 bridgehead atoms. The Morgan fingerprint density at radius 3 is 2.53 bits per heavy atom. The number of carboxylic acid groups (broad SMARTS) is 1. The molecule has 19 heavy (non-hydrogen) atoms. The lowest BCUT2D eigenvalue weighted by atomic mass is 10.0. The van der Waals surface area contributed by atoms with Crippen molar-refractivity contribution in [3.05, 3.63) is 53.6 Å². The van der Waals surface area contributed by atoms with Crippen molar-refractivity contribution >= 4 is 5.97 Å². The van der Waals surface area contributed by atoms with Crippen molar-refractivity contribution in [1.29, 1.82) is 0 Å². The van der Waals surface area contributed by atoms with Crippen LogP contribution < -0.4 is 4.74 Å². The molecule has 0 saturated heterocycles. The number of carboxylic acids is 1. The highest BCUT2D eigenvalue weighted by atomic mass is 19.1. The summed E-state index contributed by atoms with van der Waals surface area (Å²) in [6.45, 7) is 0. The molecule has 0 atom stereocenters. The van der Waals surface area contributed by atoms with Crippen LogP contribution in [-0.2, 0) is 0 Å². The molecule has 3 nitrogen and oxygen atoms in total. The maximum atomic E-state index is 13.3. The average Bonchev–Trinajstić information content (AvgIpc) is 2.39. The van der Waals surface area contributed by atoms with Gasteiger partial charge in [0.1, 0.15) is 17.4 Å². The summed E-state index contributed by atoms with van der Waals surface area (Å²) in [6.07, 6.45) is 0. The predicted molar refractivity (Wildman–Crippen MR) is 65.3 cm³/mol. The second-order valence-electron chi connectivity index (χ2n) is 3.84. The summed E-state index contributed by atoms with van der Waals surface area (Å²) in [4.78, 5) is 10.9. The molecule has 0 heterocycles. The minimum atomic E-state index is -1.38. The number of halogens is 2. The van der Waals surface area contributed by atoms with Crippen LogP contribution in [0.3, 0.4) is 0 Å². The van der Waals surface area contributed by atoms with Crippen LogP contribution in [0.1, 0.15) is 10.4 Å². The molecule has 2 rings (SSSR count). The molecule has 5 heteroatoms. The first-order valence-corrected chi connectivity index (χ1v) is 5.39. The highest BCUT2D eigenvalue weighted by molar-refractivity contribution is 5.90. The lowest BCUT2D eigenvalue weighted by Crippen LogP contribution is -2.01. The van der Waals surface area contributed by atoms with Gasteiger partial charge in [-0.05, 0) is 35.9 Å². The van der Waals surface area contributed by atoms with E-state index in [2.05, 4.69) is 0 Å². The Hall–Kier alpha value is -2.43. The van der Waals surface area contributed by atoms with E-state index in [1.165, 1.54) is 31.4 Å². The second kappa shape index (κ2) is 5.06. The van der Waals surface area contributed by atoms with Crippen molar-refractivity contribution in [2.45, 2.75) is 0 Å². The fourth-order valence-corrected chi connectivity index (χ4v) is 1.76. The molecule has 98 valence electrons. The Balaban J connectivity index is 2.62. The van der Waals surface area contributed by atoms with Crippen molar-refractivity contribution in [3.63, 3.8) is 0 Å². The number of benzene rings is 2. The third-order valence-electron chi connectivity index (χ3n) is 2.67. The van der Waals surface area contributed by atoms with Crippen molar-refractivity contribution in [1.82, 2.24) is 0 Å². The van der Waals surface area contributed by atoms with Gasteiger partial charge in [0.25, 0.3) is 0 Å². The van der Waals surface area contributed by atoms with Crippen molar-refractivity contribution in [3.8, 4) is 16.9 Å². The first-order valence-electron chi connectivity index (χ1n) is 5.39. The van der Waals surface area contributed by atoms with E-state index in [9.17, 15) is 13.6 Å². The lowest BCUT2D eigenvalue weighted by Gasteiger charge is -2.09. The van der Waals surface area contributed by atoms with Crippen molar-refractivity contribution in [2.75, 3.05) is 7.11 Å². The van der Waals surface area contributed by atoms with Crippen LogP contribution in [0.2, 0.25) is 0 Å². The third-order valence-corrected chi connectivity index (χ3v) is 2.67. The van der Waals surface area contributed by atoms with Crippen LogP contribution in [0.4, 0.5) is 8.78 Å². The number of aromatic carboxylic acids is 1. The number of ether oxygens (including phenoxy) is 1. The fourth-order valence-electron chi connectivity index (χ4n) is 1.76. The molecule has 0 aromatic heterocycles. The maximum absolute atomic E-state index is 13.3. The predicted octanol–water partition coefficient (Wildman–Crippen LogP) is 3.34. The van der Waals surface area contributed by atoms with E-state index < -0.39 is 23.2 Å². The van der Waals surface area contributed by atoms with Crippen LogP contribution in [0.25, 0.3) is 11.1 Å². The Morgan fingerprint density at radius 1 is 1.16 bits per heavy atom. The molecule has 0 radical (unpaired) electrons. The number of rotatable bonds is 3. The number of methoxy groups -OCH3 is 1. The normalized spacial score (nSPS) is 10.3. The molecular formula is C14H10F2O3. The molecule has 0 aliphatic rings. The highest BCUT2D eigenvalue weighted by Gasteiger charge is 2.14. The third kappa shape index (κ3) is 2.54. The van der Waals surface area contributed by atoms with Gasteiger partial charge in [0.05, 0.1) is 12.7 Å². The van der Waals surface area contributed by atoms with Gasteiger partial charge >= 0.3 is 5.97 Å². The van der Waals surface area contributed by atoms with Gasteiger partial charge in [-0.3, -0.25) is 0 Å². The molecule has 0 amide bonds. The minimum Gasteiger partial charge on any atom is -0.496 e. The van der Waals surface area contributed by atoms with E-state index >= 15 is 0 Å². The van der Waals surface area contributed by atoms with E-state index in [-0.39, 0.29) is 0 Å². The molecule has 0 aliphatic carbocycles. The van der Waals surface area contributed by atoms with Gasteiger partial charge in [-0.15, -0.1) is 0 Å². The van der Waals surface area contributed by atoms with Gasteiger partial charge in [-0.1, -0.05) is 6.07 Å². The average molecular weight is 264 g/mol. The Labute approximate surface area is 108 Å². The monoisotopic (exact) mass is 264 g/mol. The molecule has 2 aromatic rings. The van der Waals surface area contributed by atoms with Gasteiger partial charge in [-0.2, -0.15) is 0 Å². The smallest absolute Gasteiger partial charge is 0.338 e. The molecule has 0 fully saturated rings. The molecule has 0 spiro atoms. The summed E-state index contributed by atoms with van der Waals surface area (Å²) in [6, 6.07) is 7.41. The van der Waals surface area contributed by atoms with Gasteiger partial charge in [0.15, 0.2) is 0 Å². The molecule has 0 aliphatic heterocycles. The zero-order chi connectivity index (χ0) is 14.0. The summed E-state index contributed by atoms with van der Waals surface area (Å²) in [5.41, 5.74) is 0.268. The maximum Gasteiger partial charge on any atom is 0.338 e. The zero-order valence-electron chi connectivity index (χ0n) is 9.98. The van der Waals surface area contributed by atoms with Gasteiger partial charge in [-0.25, -0.2) is 13.6 Å². The standard InChI is InChI=1S/C14H10F2O3/c1-19-13-5-3-9(15)7-10(13)8-2-4-12(16)11(6-8)14(17)18/h2-7H,1H3,(H,17,18). The van der Waals surface area contributed by atoms with Crippen molar-refractivity contribution < 1.29 is 23.4 Å². The minimum absolute atomic E-state index is 0.366. The fraction of sp³-hybridized carbons (Fsp3) is 0.0714. The van der Waals surface area contributed by atoms with E-state index in [1.54, 1.807) is 0 Å². The molecule has 2 aromatic carbocycles. The van der Waals surface area contributed by atoms with E-state index in [4.69, 9.17) is 9.84 Å². The largest absolute Gasteiger partial charge is 0.496 e. The molecule has 0 saturated carbocycles. The number of hydrogen-bond donors (Lipinski definition) is 1. The van der Waals surface area contributed by atoms with Crippen LogP contribution in [0.15, 0.2) is 36.4 Å². The van der Waals surface area contributed by atoms with E-state index in [0.29, 0.717) is 16.9 Å². The zero-order valence-corrected chi connectivity index (χ0v) is 9.98. The van der Waals surface area contributed by atoms with Gasteiger partial charge in [0, 0.05) is 5.56 Å². The first kappa shape index (κ1) is 13.0. The Kier molecular flexibility index (Phi) is 3.46. The summed E-state index contributed by atoms with van der Waals surface area (Å²) in [5.74, 6) is -2.33. The number of hydrogen-bond acceptors (Lipinski definition) is 2. The topological polar surface area (TPSA) is 46.5 Å². The van der Waals surface area contributed by atoms with Crippen LogP contribution in [0, 0.1) is 11.6 Å². The quantitative estimate of drug-likeness (QED) is 0.924. The summed E-state index contributed by atoms with van der Waals surface area (Å²) >= 11 is 0. The Morgan fingerprint density at radius 2 is 1.89 bits per heavy atom. The summed E-state index contributed by atoms with van der Waals surface area (Å²) in [5, 5.41) is 8.87. The SMILES string of the molecule is COc1ccc(F)cc1-c1ccc(F)c(C(=O)O)c1. The van der Waals surface area contributed by atoms with Crippen LogP contribution in [-0.4, -0.2) is 18.2 Å². The van der Waals surface area contributed by atoms with Crippen molar-refractivity contribution in [2.24, 2.45) is 0 Å². The van der Waals surface area contributed by atoms with Crippen LogP contribution >= 0.6 is 0 Å². The summed E-state index contributed by atoms with van der Waals surface area (Å²) < 4.78 is 31.7. The first-order chi connectivity index (χ1) is 9.02. The number of carbonyl (C=O) groups is 1.